The number of halogens is 1. The molecule has 0 aliphatic heterocycles. The Morgan fingerprint density at radius 1 is 1.42 bits per heavy atom. The number of aryl methyl sites for hydroxylation is 1. The zero-order chi connectivity index (χ0) is 8.72. The number of benzene rings is 1. The quantitative estimate of drug-likeness (QED) is 0.688. The molecular weight excluding hydrogens is 190 g/mol. The van der Waals surface area contributed by atoms with Gasteiger partial charge < -0.3 is 5.73 Å². The number of thiophene rings is 1. The summed E-state index contributed by atoms with van der Waals surface area (Å²) in [5.41, 5.74) is 6.77. The third-order valence-electron chi connectivity index (χ3n) is 1.85. The molecule has 0 bridgehead atoms. The van der Waals surface area contributed by atoms with Crippen LogP contribution in [0.3, 0.4) is 0 Å². The van der Waals surface area contributed by atoms with Crippen molar-refractivity contribution in [1.29, 1.82) is 0 Å². The molecule has 1 aromatic carbocycles. The molecule has 12 heavy (non-hydrogen) atoms. The number of nitrogen functional groups attached to an aromatic ring is 1. The van der Waals surface area contributed by atoms with Crippen molar-refractivity contribution in [2.45, 2.75) is 6.92 Å². The number of hydrogen-bond acceptors (Lipinski definition) is 2. The summed E-state index contributed by atoms with van der Waals surface area (Å²) in [4.78, 5) is 0. The zero-order valence-corrected chi connectivity index (χ0v) is 8.17. The summed E-state index contributed by atoms with van der Waals surface area (Å²) in [6, 6.07) is 5.99. The summed E-state index contributed by atoms with van der Waals surface area (Å²) in [5, 5.41) is 2.71. The van der Waals surface area contributed by atoms with Crippen molar-refractivity contribution in [1.82, 2.24) is 0 Å². The van der Waals surface area contributed by atoms with Gasteiger partial charge in [-0.25, -0.2) is 0 Å². The van der Waals surface area contributed by atoms with E-state index in [1.54, 1.807) is 11.3 Å². The monoisotopic (exact) mass is 197 g/mol. The average molecular weight is 198 g/mol. The molecule has 62 valence electrons. The van der Waals surface area contributed by atoms with E-state index < -0.39 is 0 Å². The fourth-order valence-electron chi connectivity index (χ4n) is 1.21. The zero-order valence-electron chi connectivity index (χ0n) is 6.60. The van der Waals surface area contributed by atoms with Gasteiger partial charge in [0.25, 0.3) is 0 Å². The van der Waals surface area contributed by atoms with E-state index in [9.17, 15) is 0 Å². The van der Waals surface area contributed by atoms with Gasteiger partial charge in [0, 0.05) is 10.1 Å². The van der Waals surface area contributed by atoms with Gasteiger partial charge in [0.05, 0.1) is 10.0 Å². The van der Waals surface area contributed by atoms with Gasteiger partial charge in [-0.05, 0) is 24.6 Å². The molecule has 2 rings (SSSR count). The SMILES string of the molecule is Cc1ccc2sc(N)cc2c1Cl. The van der Waals surface area contributed by atoms with Gasteiger partial charge in [0.1, 0.15) is 0 Å². The molecule has 0 atom stereocenters. The fourth-order valence-corrected chi connectivity index (χ4v) is 2.32. The average Bonchev–Trinajstić information content (AvgIpc) is 2.39. The Hall–Kier alpha value is -0.730. The highest BCUT2D eigenvalue weighted by Gasteiger charge is 2.04. The molecule has 0 amide bonds. The van der Waals surface area contributed by atoms with Crippen molar-refractivity contribution >= 4 is 38.0 Å². The van der Waals surface area contributed by atoms with Crippen LogP contribution in [0.2, 0.25) is 5.02 Å². The van der Waals surface area contributed by atoms with Crippen LogP contribution in [-0.2, 0) is 0 Å². The Morgan fingerprint density at radius 3 is 2.92 bits per heavy atom. The third-order valence-corrected chi connectivity index (χ3v) is 3.28. The first-order chi connectivity index (χ1) is 5.68. The second-order valence-electron chi connectivity index (χ2n) is 2.76. The summed E-state index contributed by atoms with van der Waals surface area (Å²) in [6.07, 6.45) is 0. The highest BCUT2D eigenvalue weighted by atomic mass is 35.5. The lowest BCUT2D eigenvalue weighted by atomic mass is 10.2. The van der Waals surface area contributed by atoms with Crippen LogP contribution >= 0.6 is 22.9 Å². The molecule has 0 fully saturated rings. The van der Waals surface area contributed by atoms with E-state index in [0.717, 1.165) is 25.7 Å². The largest absolute Gasteiger partial charge is 0.391 e. The molecule has 1 aromatic heterocycles. The Morgan fingerprint density at radius 2 is 2.17 bits per heavy atom. The molecule has 0 aliphatic rings. The van der Waals surface area contributed by atoms with Crippen LogP contribution in [0.25, 0.3) is 10.1 Å². The molecule has 0 spiro atoms. The van der Waals surface area contributed by atoms with Gasteiger partial charge in [0.15, 0.2) is 0 Å². The fraction of sp³-hybridized carbons (Fsp3) is 0.111. The van der Waals surface area contributed by atoms with Crippen LogP contribution in [-0.4, -0.2) is 0 Å². The van der Waals surface area contributed by atoms with Crippen LogP contribution in [0.4, 0.5) is 5.00 Å². The Balaban J connectivity index is 2.89. The van der Waals surface area contributed by atoms with Gasteiger partial charge in [0.2, 0.25) is 0 Å². The van der Waals surface area contributed by atoms with Gasteiger partial charge >= 0.3 is 0 Å². The normalized spacial score (nSPS) is 10.8. The summed E-state index contributed by atoms with van der Waals surface area (Å²) < 4.78 is 1.16. The maximum Gasteiger partial charge on any atom is 0.0869 e. The minimum absolute atomic E-state index is 0.817. The molecule has 2 aromatic rings. The highest BCUT2D eigenvalue weighted by Crippen LogP contribution is 2.34. The minimum Gasteiger partial charge on any atom is -0.391 e. The maximum atomic E-state index is 6.09. The molecular formula is C9H8ClNS. The Bertz CT molecular complexity index is 433. The third kappa shape index (κ3) is 1.08. The topological polar surface area (TPSA) is 26.0 Å². The lowest BCUT2D eigenvalue weighted by Crippen LogP contribution is -1.74. The van der Waals surface area contributed by atoms with E-state index in [4.69, 9.17) is 17.3 Å². The summed E-state index contributed by atoms with van der Waals surface area (Å²) >= 11 is 7.66. The maximum absolute atomic E-state index is 6.09. The van der Waals surface area contributed by atoms with E-state index in [0.29, 0.717) is 0 Å². The molecule has 1 nitrogen and oxygen atoms in total. The Kier molecular flexibility index (Phi) is 1.74. The van der Waals surface area contributed by atoms with Crippen molar-refractivity contribution in [3.63, 3.8) is 0 Å². The molecule has 3 heteroatoms. The molecule has 0 saturated heterocycles. The van der Waals surface area contributed by atoms with Crippen LogP contribution in [0.5, 0.6) is 0 Å². The first-order valence-electron chi connectivity index (χ1n) is 3.62. The van der Waals surface area contributed by atoms with Gasteiger partial charge in [-0.1, -0.05) is 17.7 Å². The number of hydrogen-bond donors (Lipinski definition) is 1. The first-order valence-corrected chi connectivity index (χ1v) is 4.82. The number of anilines is 1. The predicted molar refractivity (Wildman–Crippen MR) is 56.0 cm³/mol. The minimum atomic E-state index is 0.817. The van der Waals surface area contributed by atoms with Crippen LogP contribution in [0, 0.1) is 6.92 Å². The highest BCUT2D eigenvalue weighted by molar-refractivity contribution is 7.22. The smallest absolute Gasteiger partial charge is 0.0869 e. The molecule has 0 radical (unpaired) electrons. The van der Waals surface area contributed by atoms with Crippen molar-refractivity contribution in [2.24, 2.45) is 0 Å². The summed E-state index contributed by atoms with van der Waals surface area (Å²) in [6.45, 7) is 2.00. The van der Waals surface area contributed by atoms with Crippen molar-refractivity contribution in [3.8, 4) is 0 Å². The standard InChI is InChI=1S/C9H8ClNS/c1-5-2-3-7-6(9(5)10)4-8(11)12-7/h2-4H,11H2,1H3. The second-order valence-corrected chi connectivity index (χ2v) is 4.25. The summed E-state index contributed by atoms with van der Waals surface area (Å²) in [7, 11) is 0. The number of fused-ring (bicyclic) bond motifs is 1. The van der Waals surface area contributed by atoms with E-state index in [1.807, 2.05) is 19.1 Å². The predicted octanol–water partition coefficient (Wildman–Crippen LogP) is 3.45. The van der Waals surface area contributed by atoms with Crippen molar-refractivity contribution < 1.29 is 0 Å². The van der Waals surface area contributed by atoms with Crippen molar-refractivity contribution in [3.05, 3.63) is 28.8 Å². The van der Waals surface area contributed by atoms with Crippen LogP contribution in [0.1, 0.15) is 5.56 Å². The van der Waals surface area contributed by atoms with Crippen LogP contribution in [0.15, 0.2) is 18.2 Å². The lowest BCUT2D eigenvalue weighted by molar-refractivity contribution is 1.51. The lowest BCUT2D eigenvalue weighted by Gasteiger charge is -1.96. The number of rotatable bonds is 0. The Labute approximate surface area is 79.8 Å². The number of nitrogens with two attached hydrogens (primary N) is 1. The molecule has 2 N–H and O–H groups in total. The van der Waals surface area contributed by atoms with Gasteiger partial charge in [-0.3, -0.25) is 0 Å². The van der Waals surface area contributed by atoms with Gasteiger partial charge in [-0.2, -0.15) is 0 Å². The van der Waals surface area contributed by atoms with E-state index >= 15 is 0 Å². The molecule has 0 aliphatic carbocycles. The van der Waals surface area contributed by atoms with Gasteiger partial charge in [-0.15, -0.1) is 11.3 Å². The first kappa shape index (κ1) is 7.90. The van der Waals surface area contributed by atoms with E-state index in [-0.39, 0.29) is 0 Å². The van der Waals surface area contributed by atoms with Crippen LogP contribution < -0.4 is 5.73 Å². The van der Waals surface area contributed by atoms with Crippen molar-refractivity contribution in [2.75, 3.05) is 5.73 Å². The molecule has 0 unspecified atom stereocenters. The summed E-state index contributed by atoms with van der Waals surface area (Å²) in [5.74, 6) is 0. The molecule has 1 heterocycles. The molecule has 0 saturated carbocycles. The second kappa shape index (κ2) is 2.64. The van der Waals surface area contributed by atoms with E-state index in [1.165, 1.54) is 0 Å². The van der Waals surface area contributed by atoms with E-state index in [2.05, 4.69) is 6.07 Å².